The second-order valence-electron chi connectivity index (χ2n) is 6.83. The molecule has 13 heteroatoms. The molecule has 2 aliphatic rings. The van der Waals surface area contributed by atoms with Gasteiger partial charge in [-0.25, -0.2) is 0 Å². The number of hydrogen-bond acceptors (Lipinski definition) is 7. The first-order valence-corrected chi connectivity index (χ1v) is 9.20. The number of nitro groups is 1. The van der Waals surface area contributed by atoms with Crippen molar-refractivity contribution in [2.75, 3.05) is 33.0 Å². The van der Waals surface area contributed by atoms with Crippen LogP contribution in [0.1, 0.15) is 17.2 Å². The van der Waals surface area contributed by atoms with Crippen LogP contribution in [0.15, 0.2) is 36.4 Å². The summed E-state index contributed by atoms with van der Waals surface area (Å²) >= 11 is 0. The number of nitro benzene ring substituents is 1. The van der Waals surface area contributed by atoms with E-state index in [4.69, 9.17) is 9.47 Å². The smallest absolute Gasteiger partial charge is 0.454 e. The number of nitrogens with zero attached hydrogens (tertiary/aromatic N) is 2. The molecule has 0 aromatic heterocycles. The zero-order valence-corrected chi connectivity index (χ0v) is 18.1. The van der Waals surface area contributed by atoms with E-state index in [1.165, 1.54) is 30.3 Å². The quantitative estimate of drug-likeness (QED) is 0.492. The molecule has 0 spiro atoms. The third-order valence-electron chi connectivity index (χ3n) is 4.96. The van der Waals surface area contributed by atoms with Crippen LogP contribution in [0, 0.1) is 10.1 Å². The third kappa shape index (κ3) is 5.66. The normalized spacial score (nSPS) is 16.5. The fraction of sp³-hybridized carbons (Fsp3) is 0.368. The number of fused-ring (bicyclic) bond motifs is 1. The fourth-order valence-corrected chi connectivity index (χ4v) is 3.70. The van der Waals surface area contributed by atoms with Crippen molar-refractivity contribution in [3.8, 4) is 17.2 Å². The average Bonchev–Trinajstić information content (AvgIpc) is 3.16. The number of ether oxygens (including phenoxy) is 3. The lowest BCUT2D eigenvalue weighted by molar-refractivity contribution is -0.386. The van der Waals surface area contributed by atoms with Crippen LogP contribution in [0.25, 0.3) is 0 Å². The molecule has 2 aromatic rings. The minimum Gasteiger partial charge on any atom is -0.454 e. The predicted octanol–water partition coefficient (Wildman–Crippen LogP) is 4.06. The van der Waals surface area contributed by atoms with E-state index in [0.29, 0.717) is 48.8 Å². The topological polar surface area (TPSA) is 86.1 Å². The molecular formula is C19H20Cl2F3N3O5. The number of hydrogen-bond donors (Lipinski definition) is 1. The molecule has 4 rings (SSSR count). The van der Waals surface area contributed by atoms with Gasteiger partial charge in [0.05, 0.1) is 22.6 Å². The average molecular weight is 498 g/mol. The Morgan fingerprint density at radius 1 is 1.06 bits per heavy atom. The zero-order chi connectivity index (χ0) is 21.3. The van der Waals surface area contributed by atoms with Gasteiger partial charge >= 0.3 is 6.36 Å². The van der Waals surface area contributed by atoms with Gasteiger partial charge in [0.2, 0.25) is 6.79 Å². The summed E-state index contributed by atoms with van der Waals surface area (Å²) in [5, 5.41) is 15.0. The monoisotopic (exact) mass is 497 g/mol. The Labute approximate surface area is 193 Å². The van der Waals surface area contributed by atoms with Crippen molar-refractivity contribution in [3.05, 3.63) is 57.6 Å². The van der Waals surface area contributed by atoms with Crippen LogP contribution < -0.4 is 19.5 Å². The predicted molar refractivity (Wildman–Crippen MR) is 113 cm³/mol. The molecule has 0 saturated carbocycles. The summed E-state index contributed by atoms with van der Waals surface area (Å²) in [4.78, 5) is 13.3. The molecular weight excluding hydrogens is 478 g/mol. The largest absolute Gasteiger partial charge is 0.573 e. The van der Waals surface area contributed by atoms with Crippen LogP contribution in [0.4, 0.5) is 18.9 Å². The maximum Gasteiger partial charge on any atom is 0.573 e. The van der Waals surface area contributed by atoms with E-state index in [-0.39, 0.29) is 43.0 Å². The van der Waals surface area contributed by atoms with Crippen LogP contribution in [0.5, 0.6) is 17.2 Å². The minimum absolute atomic E-state index is 0. The molecule has 0 aliphatic carbocycles. The second-order valence-corrected chi connectivity index (χ2v) is 6.83. The number of halogens is 5. The van der Waals surface area contributed by atoms with Crippen LogP contribution in [-0.2, 0) is 0 Å². The van der Waals surface area contributed by atoms with E-state index in [1.807, 2.05) is 4.90 Å². The Balaban J connectivity index is 0.00000181. The number of benzene rings is 2. The zero-order valence-electron chi connectivity index (χ0n) is 16.5. The van der Waals surface area contributed by atoms with Crippen molar-refractivity contribution >= 4 is 30.5 Å². The van der Waals surface area contributed by atoms with Crippen LogP contribution in [0.3, 0.4) is 0 Å². The SMILES string of the molecule is Cl.Cl.O=[N+]([O-])c1cc2c(cc1[C@@H](c1ccc(OC(F)(F)F)cc1)N1CCNCC1)OCO2. The number of rotatable bonds is 5. The first-order chi connectivity index (χ1) is 14.3. The molecule has 32 heavy (non-hydrogen) atoms. The van der Waals surface area contributed by atoms with Crippen LogP contribution >= 0.6 is 24.8 Å². The fourth-order valence-electron chi connectivity index (χ4n) is 3.70. The van der Waals surface area contributed by atoms with Gasteiger partial charge in [0.15, 0.2) is 11.5 Å². The maximum atomic E-state index is 12.5. The van der Waals surface area contributed by atoms with E-state index in [0.717, 1.165) is 0 Å². The number of nitrogens with one attached hydrogen (secondary N) is 1. The van der Waals surface area contributed by atoms with Crippen LogP contribution in [-0.4, -0.2) is 49.2 Å². The lowest BCUT2D eigenvalue weighted by Crippen LogP contribution is -2.45. The van der Waals surface area contributed by atoms with Gasteiger partial charge in [-0.15, -0.1) is 38.0 Å². The molecule has 2 aromatic carbocycles. The van der Waals surface area contributed by atoms with Gasteiger partial charge < -0.3 is 19.5 Å². The standard InChI is InChI=1S/C19H18F3N3O5.2ClH/c20-19(21,22)30-13-3-1-12(2-4-13)18(24-7-5-23-6-8-24)14-9-16-17(29-11-28-16)10-15(14)25(26)27;;/h1-4,9-10,18,23H,5-8,11H2;2*1H/t18-;;/m1../s1. The van der Waals surface area contributed by atoms with Crippen LogP contribution in [0.2, 0.25) is 0 Å². The summed E-state index contributed by atoms with van der Waals surface area (Å²) < 4.78 is 52.1. The second kappa shape index (κ2) is 10.4. The summed E-state index contributed by atoms with van der Waals surface area (Å²) in [6.45, 7) is 2.56. The first-order valence-electron chi connectivity index (χ1n) is 9.20. The van der Waals surface area contributed by atoms with Crippen molar-refractivity contribution in [2.24, 2.45) is 0 Å². The molecule has 2 aliphatic heterocycles. The molecule has 1 fully saturated rings. The molecule has 0 radical (unpaired) electrons. The van der Waals surface area contributed by atoms with E-state index >= 15 is 0 Å². The van der Waals surface area contributed by atoms with Crippen molar-refractivity contribution in [3.63, 3.8) is 0 Å². The molecule has 2 heterocycles. The van der Waals surface area contributed by atoms with Gasteiger partial charge in [-0.05, 0) is 23.8 Å². The number of piperazine rings is 1. The Morgan fingerprint density at radius 2 is 1.66 bits per heavy atom. The summed E-state index contributed by atoms with van der Waals surface area (Å²) in [6, 6.07) is 7.74. The summed E-state index contributed by atoms with van der Waals surface area (Å²) in [6.07, 6.45) is -4.80. The highest BCUT2D eigenvalue weighted by Gasteiger charge is 2.34. The molecule has 176 valence electrons. The maximum absolute atomic E-state index is 12.5. The summed E-state index contributed by atoms with van der Waals surface area (Å²) in [7, 11) is 0. The number of alkyl halides is 3. The Morgan fingerprint density at radius 3 is 2.22 bits per heavy atom. The molecule has 0 bridgehead atoms. The third-order valence-corrected chi connectivity index (χ3v) is 4.96. The lowest BCUT2D eigenvalue weighted by Gasteiger charge is -2.35. The highest BCUT2D eigenvalue weighted by atomic mass is 35.5. The van der Waals surface area contributed by atoms with E-state index < -0.39 is 17.3 Å². The molecule has 0 amide bonds. The molecule has 0 unspecified atom stereocenters. The molecule has 1 saturated heterocycles. The molecule has 1 atom stereocenters. The molecule has 1 N–H and O–H groups in total. The summed E-state index contributed by atoms with van der Waals surface area (Å²) in [5.41, 5.74) is 0.849. The van der Waals surface area contributed by atoms with E-state index in [2.05, 4.69) is 10.1 Å². The van der Waals surface area contributed by atoms with Crippen molar-refractivity contribution < 1.29 is 32.3 Å². The Bertz CT molecular complexity index is 941. The van der Waals surface area contributed by atoms with E-state index in [9.17, 15) is 23.3 Å². The minimum atomic E-state index is -4.80. The van der Waals surface area contributed by atoms with Gasteiger partial charge in [0.1, 0.15) is 5.75 Å². The van der Waals surface area contributed by atoms with Gasteiger partial charge in [0.25, 0.3) is 5.69 Å². The highest BCUT2D eigenvalue weighted by Crippen LogP contribution is 2.43. The lowest BCUT2D eigenvalue weighted by atomic mass is 9.94. The summed E-state index contributed by atoms with van der Waals surface area (Å²) in [5.74, 6) is 0.330. The van der Waals surface area contributed by atoms with E-state index in [1.54, 1.807) is 6.07 Å². The van der Waals surface area contributed by atoms with Gasteiger partial charge in [-0.1, -0.05) is 12.1 Å². The van der Waals surface area contributed by atoms with Crippen molar-refractivity contribution in [1.29, 1.82) is 0 Å². The Kier molecular flexibility index (Phi) is 8.41. The Hall–Kier alpha value is -2.47. The first kappa shape index (κ1) is 25.8. The highest BCUT2D eigenvalue weighted by molar-refractivity contribution is 5.85. The van der Waals surface area contributed by atoms with Gasteiger partial charge in [0, 0.05) is 26.2 Å². The molecule has 8 nitrogen and oxygen atoms in total. The van der Waals surface area contributed by atoms with Gasteiger partial charge in [-0.3, -0.25) is 15.0 Å². The van der Waals surface area contributed by atoms with Crippen molar-refractivity contribution in [1.82, 2.24) is 10.2 Å². The van der Waals surface area contributed by atoms with Crippen molar-refractivity contribution in [2.45, 2.75) is 12.4 Å². The van der Waals surface area contributed by atoms with Gasteiger partial charge in [-0.2, -0.15) is 0 Å².